The van der Waals surface area contributed by atoms with Gasteiger partial charge < -0.3 is 16.2 Å². The molecule has 0 fully saturated rings. The van der Waals surface area contributed by atoms with E-state index in [4.69, 9.17) is 5.73 Å². The number of nitrogens with one attached hydrogen (secondary N) is 1. The number of benzene rings is 1. The van der Waals surface area contributed by atoms with E-state index in [0.717, 1.165) is 11.1 Å². The minimum absolute atomic E-state index is 0.126. The van der Waals surface area contributed by atoms with E-state index in [9.17, 15) is 9.90 Å². The summed E-state index contributed by atoms with van der Waals surface area (Å²) >= 11 is 0. The van der Waals surface area contributed by atoms with E-state index in [-0.39, 0.29) is 18.4 Å². The number of aliphatic hydroxyl groups is 1. The highest BCUT2D eigenvalue weighted by molar-refractivity contribution is 5.78. The van der Waals surface area contributed by atoms with Gasteiger partial charge in [-0.2, -0.15) is 0 Å². The van der Waals surface area contributed by atoms with Crippen LogP contribution in [-0.4, -0.2) is 24.1 Å². The highest BCUT2D eigenvalue weighted by atomic mass is 16.3. The second kappa shape index (κ2) is 6.37. The second-order valence-corrected chi connectivity index (χ2v) is 4.31. The summed E-state index contributed by atoms with van der Waals surface area (Å²) in [6.45, 7) is 4.27. The van der Waals surface area contributed by atoms with Crippen LogP contribution in [0.2, 0.25) is 0 Å². The summed E-state index contributed by atoms with van der Waals surface area (Å²) in [4.78, 5) is 11.5. The Balaban J connectivity index is 2.47. The van der Waals surface area contributed by atoms with Crippen molar-refractivity contribution < 1.29 is 9.90 Å². The zero-order valence-electron chi connectivity index (χ0n) is 10.3. The summed E-state index contributed by atoms with van der Waals surface area (Å²) in [5.41, 5.74) is 7.33. The Morgan fingerprint density at radius 2 is 2.00 bits per heavy atom. The number of carbonyl (C=O) groups excluding carboxylic acids is 1. The molecule has 0 heterocycles. The van der Waals surface area contributed by atoms with Gasteiger partial charge in [0.15, 0.2) is 0 Å². The summed E-state index contributed by atoms with van der Waals surface area (Å²) in [5, 5.41) is 12.5. The number of nitrogens with two attached hydrogens (primary N) is 1. The van der Waals surface area contributed by atoms with E-state index in [0.29, 0.717) is 6.54 Å². The normalized spacial score (nSPS) is 14.1. The molecule has 0 aliphatic carbocycles. The molecule has 0 spiro atoms. The van der Waals surface area contributed by atoms with E-state index in [1.165, 1.54) is 0 Å². The molecule has 0 aliphatic rings. The maximum absolute atomic E-state index is 11.5. The molecule has 2 unspecified atom stereocenters. The van der Waals surface area contributed by atoms with E-state index in [2.05, 4.69) is 5.32 Å². The topological polar surface area (TPSA) is 75.3 Å². The van der Waals surface area contributed by atoms with Crippen LogP contribution in [-0.2, 0) is 4.79 Å². The van der Waals surface area contributed by atoms with Gasteiger partial charge in [-0.15, -0.1) is 0 Å². The first kappa shape index (κ1) is 13.7. The summed E-state index contributed by atoms with van der Waals surface area (Å²) < 4.78 is 0. The average molecular weight is 236 g/mol. The van der Waals surface area contributed by atoms with Gasteiger partial charge in [-0.1, -0.05) is 36.8 Å². The second-order valence-electron chi connectivity index (χ2n) is 4.31. The molecular weight excluding hydrogens is 216 g/mol. The highest BCUT2D eigenvalue weighted by Gasteiger charge is 2.13. The summed E-state index contributed by atoms with van der Waals surface area (Å²) in [6.07, 6.45) is -0.676. The first-order valence-corrected chi connectivity index (χ1v) is 5.77. The third-order valence-corrected chi connectivity index (χ3v) is 2.73. The number of hydrogen-bond acceptors (Lipinski definition) is 3. The van der Waals surface area contributed by atoms with Gasteiger partial charge in [0.2, 0.25) is 5.91 Å². The van der Waals surface area contributed by atoms with Gasteiger partial charge in [0, 0.05) is 19.0 Å². The maximum Gasteiger partial charge on any atom is 0.224 e. The molecule has 0 aromatic heterocycles. The Morgan fingerprint density at radius 1 is 1.41 bits per heavy atom. The van der Waals surface area contributed by atoms with Crippen LogP contribution < -0.4 is 11.1 Å². The van der Waals surface area contributed by atoms with Crippen molar-refractivity contribution in [3.63, 3.8) is 0 Å². The first-order valence-electron chi connectivity index (χ1n) is 5.77. The molecule has 1 aromatic rings. The van der Waals surface area contributed by atoms with Crippen molar-refractivity contribution in [2.75, 3.05) is 13.1 Å². The molecule has 94 valence electrons. The zero-order chi connectivity index (χ0) is 12.8. The summed E-state index contributed by atoms with van der Waals surface area (Å²) in [6, 6.07) is 7.59. The molecule has 1 rings (SSSR count). The number of rotatable bonds is 5. The van der Waals surface area contributed by atoms with Crippen molar-refractivity contribution >= 4 is 5.91 Å². The fraction of sp³-hybridized carbons (Fsp3) is 0.462. The molecule has 1 aromatic carbocycles. The number of aliphatic hydroxyl groups excluding tert-OH is 1. The van der Waals surface area contributed by atoms with Crippen molar-refractivity contribution in [2.45, 2.75) is 20.0 Å². The van der Waals surface area contributed by atoms with Crippen LogP contribution in [0.15, 0.2) is 24.3 Å². The molecular formula is C13H20N2O2. The van der Waals surface area contributed by atoms with Gasteiger partial charge in [0.05, 0.1) is 6.10 Å². The van der Waals surface area contributed by atoms with Gasteiger partial charge >= 0.3 is 0 Å². The predicted molar refractivity (Wildman–Crippen MR) is 67.4 cm³/mol. The molecule has 2 atom stereocenters. The third-order valence-electron chi connectivity index (χ3n) is 2.73. The minimum atomic E-state index is -0.676. The number of amides is 1. The van der Waals surface area contributed by atoms with E-state index in [1.54, 1.807) is 6.92 Å². The molecule has 0 bridgehead atoms. The summed E-state index contributed by atoms with van der Waals surface area (Å²) in [5.74, 6) is -0.348. The Kier molecular flexibility index (Phi) is 5.12. The summed E-state index contributed by atoms with van der Waals surface area (Å²) in [7, 11) is 0. The first-order chi connectivity index (χ1) is 8.04. The van der Waals surface area contributed by atoms with Crippen molar-refractivity contribution in [3.8, 4) is 0 Å². The SMILES string of the molecule is Cc1ccc(C(O)CNC(=O)C(C)CN)cc1. The van der Waals surface area contributed by atoms with E-state index >= 15 is 0 Å². The molecule has 17 heavy (non-hydrogen) atoms. The van der Waals surface area contributed by atoms with E-state index < -0.39 is 6.10 Å². The Morgan fingerprint density at radius 3 is 2.53 bits per heavy atom. The van der Waals surface area contributed by atoms with Crippen LogP contribution in [0.4, 0.5) is 0 Å². The van der Waals surface area contributed by atoms with E-state index in [1.807, 2.05) is 31.2 Å². The Bertz CT molecular complexity index is 362. The molecule has 0 radical (unpaired) electrons. The lowest BCUT2D eigenvalue weighted by molar-refractivity contribution is -0.124. The van der Waals surface area contributed by atoms with Crippen molar-refractivity contribution in [1.29, 1.82) is 0 Å². The Labute approximate surface area is 102 Å². The highest BCUT2D eigenvalue weighted by Crippen LogP contribution is 2.12. The Hall–Kier alpha value is -1.39. The van der Waals surface area contributed by atoms with Gasteiger partial charge in [-0.05, 0) is 12.5 Å². The lowest BCUT2D eigenvalue weighted by atomic mass is 10.1. The van der Waals surface area contributed by atoms with Crippen LogP contribution in [0.3, 0.4) is 0 Å². The maximum atomic E-state index is 11.5. The molecule has 0 saturated carbocycles. The van der Waals surface area contributed by atoms with Crippen LogP contribution in [0, 0.1) is 12.8 Å². The van der Waals surface area contributed by atoms with Gasteiger partial charge in [-0.25, -0.2) is 0 Å². The van der Waals surface area contributed by atoms with Crippen molar-refractivity contribution in [2.24, 2.45) is 11.7 Å². The van der Waals surface area contributed by atoms with Gasteiger partial charge in [0.25, 0.3) is 0 Å². The average Bonchev–Trinajstić information content (AvgIpc) is 2.35. The smallest absolute Gasteiger partial charge is 0.224 e. The predicted octanol–water partition coefficient (Wildman–Crippen LogP) is 0.739. The molecule has 0 saturated heterocycles. The molecule has 4 heteroatoms. The standard InChI is InChI=1S/C13H20N2O2/c1-9-3-5-11(6-4-9)12(16)8-15-13(17)10(2)7-14/h3-6,10,12,16H,7-8,14H2,1-2H3,(H,15,17). The zero-order valence-corrected chi connectivity index (χ0v) is 10.3. The van der Waals surface area contributed by atoms with Crippen molar-refractivity contribution in [3.05, 3.63) is 35.4 Å². The number of carbonyl (C=O) groups is 1. The number of hydrogen-bond donors (Lipinski definition) is 3. The molecule has 4 N–H and O–H groups in total. The monoisotopic (exact) mass is 236 g/mol. The fourth-order valence-corrected chi connectivity index (χ4v) is 1.38. The quantitative estimate of drug-likeness (QED) is 0.706. The molecule has 0 aliphatic heterocycles. The lowest BCUT2D eigenvalue weighted by Crippen LogP contribution is -2.35. The third kappa shape index (κ3) is 4.17. The van der Waals surface area contributed by atoms with Gasteiger partial charge in [0.1, 0.15) is 0 Å². The van der Waals surface area contributed by atoms with Crippen LogP contribution in [0.1, 0.15) is 24.2 Å². The largest absolute Gasteiger partial charge is 0.387 e. The van der Waals surface area contributed by atoms with Crippen molar-refractivity contribution in [1.82, 2.24) is 5.32 Å². The molecule has 4 nitrogen and oxygen atoms in total. The fourth-order valence-electron chi connectivity index (χ4n) is 1.38. The minimum Gasteiger partial charge on any atom is -0.387 e. The molecule has 1 amide bonds. The van der Waals surface area contributed by atoms with Crippen LogP contribution >= 0.6 is 0 Å². The van der Waals surface area contributed by atoms with Crippen LogP contribution in [0.5, 0.6) is 0 Å². The number of aryl methyl sites for hydroxylation is 1. The van der Waals surface area contributed by atoms with Gasteiger partial charge in [-0.3, -0.25) is 4.79 Å². The lowest BCUT2D eigenvalue weighted by Gasteiger charge is -2.14. The van der Waals surface area contributed by atoms with Crippen LogP contribution in [0.25, 0.3) is 0 Å².